The minimum atomic E-state index is -0.155. The molecule has 3 rings (SSSR count). The average molecular weight is 292 g/mol. The molecule has 0 aliphatic carbocycles. The Morgan fingerprint density at radius 3 is 2.32 bits per heavy atom. The zero-order valence-electron chi connectivity index (χ0n) is 12.2. The number of hydrogen-bond acceptors (Lipinski definition) is 4. The van der Waals surface area contributed by atoms with Gasteiger partial charge in [-0.2, -0.15) is 0 Å². The number of nitrogen functional groups attached to an aromatic ring is 2. The summed E-state index contributed by atoms with van der Waals surface area (Å²) in [6.45, 7) is 0. The second-order valence-corrected chi connectivity index (χ2v) is 5.03. The van der Waals surface area contributed by atoms with Gasteiger partial charge in [-0.15, -0.1) is 0 Å². The molecule has 3 aromatic carbocycles. The van der Waals surface area contributed by atoms with Crippen LogP contribution in [0.5, 0.6) is 5.75 Å². The van der Waals surface area contributed by atoms with Gasteiger partial charge in [0.15, 0.2) is 5.78 Å². The SMILES string of the molecule is COc1ccc(C(=O)c2cc3ccccc3c(N)c2N)cc1. The Labute approximate surface area is 128 Å². The van der Waals surface area contributed by atoms with Gasteiger partial charge in [0.1, 0.15) is 5.75 Å². The van der Waals surface area contributed by atoms with Crippen molar-refractivity contribution in [3.05, 3.63) is 65.7 Å². The number of carbonyl (C=O) groups excluding carboxylic acids is 1. The number of ketones is 1. The second kappa shape index (κ2) is 5.41. The lowest BCUT2D eigenvalue weighted by molar-refractivity contribution is 0.103. The van der Waals surface area contributed by atoms with Gasteiger partial charge >= 0.3 is 0 Å². The van der Waals surface area contributed by atoms with E-state index in [-0.39, 0.29) is 5.78 Å². The molecular formula is C18H16N2O2. The molecule has 4 N–H and O–H groups in total. The predicted octanol–water partition coefficient (Wildman–Crippen LogP) is 3.24. The first-order valence-corrected chi connectivity index (χ1v) is 6.87. The van der Waals surface area contributed by atoms with Crippen molar-refractivity contribution in [3.63, 3.8) is 0 Å². The molecule has 0 saturated carbocycles. The molecule has 0 fully saturated rings. The Morgan fingerprint density at radius 2 is 1.64 bits per heavy atom. The fraction of sp³-hybridized carbons (Fsp3) is 0.0556. The molecule has 0 aliphatic rings. The fourth-order valence-electron chi connectivity index (χ4n) is 2.48. The molecule has 0 bridgehead atoms. The highest BCUT2D eigenvalue weighted by Gasteiger charge is 2.16. The standard InChI is InChI=1S/C18H16N2O2/c1-22-13-8-6-11(7-9-13)18(21)15-10-12-4-2-3-5-14(12)16(19)17(15)20/h2-10H,19-20H2,1H3. The first kappa shape index (κ1) is 13.9. The van der Waals surface area contributed by atoms with Crippen LogP contribution in [0.3, 0.4) is 0 Å². The maximum Gasteiger partial charge on any atom is 0.195 e. The van der Waals surface area contributed by atoms with E-state index < -0.39 is 0 Å². The van der Waals surface area contributed by atoms with Crippen LogP contribution in [0.2, 0.25) is 0 Å². The quantitative estimate of drug-likeness (QED) is 0.574. The Hall–Kier alpha value is -3.01. The molecule has 0 saturated heterocycles. The van der Waals surface area contributed by atoms with Gasteiger partial charge in [0.05, 0.1) is 18.5 Å². The molecule has 0 aromatic heterocycles. The summed E-state index contributed by atoms with van der Waals surface area (Å²) in [4.78, 5) is 12.7. The number of nitrogens with two attached hydrogens (primary N) is 2. The topological polar surface area (TPSA) is 78.3 Å². The highest BCUT2D eigenvalue weighted by molar-refractivity contribution is 6.17. The summed E-state index contributed by atoms with van der Waals surface area (Å²) in [5.41, 5.74) is 13.9. The van der Waals surface area contributed by atoms with E-state index in [9.17, 15) is 4.79 Å². The molecule has 0 spiro atoms. The van der Waals surface area contributed by atoms with Crippen molar-refractivity contribution in [2.24, 2.45) is 0 Å². The van der Waals surface area contributed by atoms with Gasteiger partial charge in [0.2, 0.25) is 0 Å². The minimum Gasteiger partial charge on any atom is -0.497 e. The number of ether oxygens (including phenoxy) is 1. The lowest BCUT2D eigenvalue weighted by Crippen LogP contribution is -2.08. The molecule has 22 heavy (non-hydrogen) atoms. The van der Waals surface area contributed by atoms with E-state index in [4.69, 9.17) is 16.2 Å². The van der Waals surface area contributed by atoms with Crippen LogP contribution in [-0.4, -0.2) is 12.9 Å². The van der Waals surface area contributed by atoms with Crippen molar-refractivity contribution >= 4 is 27.9 Å². The Bertz CT molecular complexity index is 855. The van der Waals surface area contributed by atoms with Crippen molar-refractivity contribution in [2.75, 3.05) is 18.6 Å². The third-order valence-electron chi connectivity index (χ3n) is 3.73. The molecule has 3 aromatic rings. The first-order valence-electron chi connectivity index (χ1n) is 6.87. The van der Waals surface area contributed by atoms with E-state index in [2.05, 4.69) is 0 Å². The molecule has 4 heteroatoms. The number of fused-ring (bicyclic) bond motifs is 1. The third-order valence-corrected chi connectivity index (χ3v) is 3.73. The fourth-order valence-corrected chi connectivity index (χ4v) is 2.48. The first-order chi connectivity index (χ1) is 10.6. The summed E-state index contributed by atoms with van der Waals surface area (Å²) in [6.07, 6.45) is 0. The molecule has 0 radical (unpaired) electrons. The van der Waals surface area contributed by atoms with E-state index in [1.807, 2.05) is 24.3 Å². The van der Waals surface area contributed by atoms with Crippen LogP contribution >= 0.6 is 0 Å². The van der Waals surface area contributed by atoms with Gasteiger partial charge < -0.3 is 16.2 Å². The summed E-state index contributed by atoms with van der Waals surface area (Å²) in [7, 11) is 1.58. The monoisotopic (exact) mass is 292 g/mol. The van der Waals surface area contributed by atoms with Gasteiger partial charge in [0.25, 0.3) is 0 Å². The maximum absolute atomic E-state index is 12.7. The molecular weight excluding hydrogens is 276 g/mol. The molecule has 0 aliphatic heterocycles. The summed E-state index contributed by atoms with van der Waals surface area (Å²) in [5, 5.41) is 1.75. The van der Waals surface area contributed by atoms with Crippen LogP contribution in [0.4, 0.5) is 11.4 Å². The van der Waals surface area contributed by atoms with E-state index >= 15 is 0 Å². The van der Waals surface area contributed by atoms with Crippen molar-refractivity contribution in [1.29, 1.82) is 0 Å². The summed E-state index contributed by atoms with van der Waals surface area (Å²) >= 11 is 0. The van der Waals surface area contributed by atoms with Crippen molar-refractivity contribution in [3.8, 4) is 5.75 Å². The molecule has 0 unspecified atom stereocenters. The Balaban J connectivity index is 2.12. The van der Waals surface area contributed by atoms with E-state index in [0.717, 1.165) is 10.8 Å². The predicted molar refractivity (Wildman–Crippen MR) is 89.2 cm³/mol. The number of anilines is 2. The second-order valence-electron chi connectivity index (χ2n) is 5.03. The number of carbonyl (C=O) groups is 1. The Morgan fingerprint density at radius 1 is 0.955 bits per heavy atom. The number of rotatable bonds is 3. The van der Waals surface area contributed by atoms with Gasteiger partial charge in [-0.1, -0.05) is 24.3 Å². The number of benzene rings is 3. The van der Waals surface area contributed by atoms with Crippen LogP contribution in [0.15, 0.2) is 54.6 Å². The smallest absolute Gasteiger partial charge is 0.195 e. The van der Waals surface area contributed by atoms with Crippen LogP contribution < -0.4 is 16.2 Å². The highest BCUT2D eigenvalue weighted by Crippen LogP contribution is 2.31. The van der Waals surface area contributed by atoms with Crippen LogP contribution in [0, 0.1) is 0 Å². The normalized spacial score (nSPS) is 10.6. The third kappa shape index (κ3) is 2.24. The molecule has 4 nitrogen and oxygen atoms in total. The molecule has 0 atom stereocenters. The zero-order chi connectivity index (χ0) is 15.7. The summed E-state index contributed by atoms with van der Waals surface area (Å²) in [6, 6.07) is 16.3. The van der Waals surface area contributed by atoms with E-state index in [1.54, 1.807) is 37.4 Å². The molecule has 0 heterocycles. The van der Waals surface area contributed by atoms with Crippen LogP contribution in [0.25, 0.3) is 10.8 Å². The van der Waals surface area contributed by atoms with Gasteiger partial charge in [0, 0.05) is 16.5 Å². The number of hydrogen-bond donors (Lipinski definition) is 2. The van der Waals surface area contributed by atoms with Crippen molar-refractivity contribution in [1.82, 2.24) is 0 Å². The number of methoxy groups -OCH3 is 1. The van der Waals surface area contributed by atoms with Crippen LogP contribution in [0.1, 0.15) is 15.9 Å². The molecule has 0 amide bonds. The highest BCUT2D eigenvalue weighted by atomic mass is 16.5. The zero-order valence-corrected chi connectivity index (χ0v) is 12.2. The van der Waals surface area contributed by atoms with Crippen molar-refractivity contribution < 1.29 is 9.53 Å². The van der Waals surface area contributed by atoms with E-state index in [0.29, 0.717) is 28.3 Å². The average Bonchev–Trinajstić information content (AvgIpc) is 2.57. The van der Waals surface area contributed by atoms with E-state index in [1.165, 1.54) is 0 Å². The van der Waals surface area contributed by atoms with Crippen molar-refractivity contribution in [2.45, 2.75) is 0 Å². The molecule has 110 valence electrons. The minimum absolute atomic E-state index is 0.155. The summed E-state index contributed by atoms with van der Waals surface area (Å²) < 4.78 is 5.10. The largest absolute Gasteiger partial charge is 0.497 e. The van der Waals surface area contributed by atoms with Crippen LogP contribution in [-0.2, 0) is 0 Å². The van der Waals surface area contributed by atoms with Gasteiger partial charge in [-0.05, 0) is 35.7 Å². The van der Waals surface area contributed by atoms with Gasteiger partial charge in [-0.3, -0.25) is 4.79 Å². The summed E-state index contributed by atoms with van der Waals surface area (Å²) in [5.74, 6) is 0.542. The van der Waals surface area contributed by atoms with Gasteiger partial charge in [-0.25, -0.2) is 0 Å². The lowest BCUT2D eigenvalue weighted by atomic mass is 9.96. The lowest BCUT2D eigenvalue weighted by Gasteiger charge is -2.11. The Kier molecular flexibility index (Phi) is 3.43. The maximum atomic E-state index is 12.7.